The van der Waals surface area contributed by atoms with E-state index in [-0.39, 0.29) is 13.2 Å². The van der Waals surface area contributed by atoms with Crippen LogP contribution in [-0.4, -0.2) is 32.3 Å². The Morgan fingerprint density at radius 1 is 1.08 bits per heavy atom. The van der Waals surface area contributed by atoms with Crippen LogP contribution in [0, 0.1) is 0 Å². The average Bonchev–Trinajstić information content (AvgIpc) is 2.66. The highest BCUT2D eigenvalue weighted by Gasteiger charge is 2.23. The maximum absolute atomic E-state index is 12.5. The molecule has 0 N–H and O–H groups in total. The smallest absolute Gasteiger partial charge is 0.414 e. The van der Waals surface area contributed by atoms with Gasteiger partial charge in [0.2, 0.25) is 0 Å². The number of carbonyl (C=O) groups is 2. The average molecular weight is 418 g/mol. The predicted molar refractivity (Wildman–Crippen MR) is 105 cm³/mol. The van der Waals surface area contributed by atoms with Crippen LogP contribution in [0.25, 0.3) is 6.08 Å². The maximum atomic E-state index is 12.5. The van der Waals surface area contributed by atoms with Crippen LogP contribution < -0.4 is 4.90 Å². The molecule has 2 rings (SSSR count). The molecule has 0 atom stereocenters. The van der Waals surface area contributed by atoms with E-state index in [1.54, 1.807) is 19.1 Å². The molecular formula is C20H20BrNO4. The van der Waals surface area contributed by atoms with Crippen molar-refractivity contribution in [3.8, 4) is 0 Å². The Hall–Kier alpha value is -2.60. The summed E-state index contributed by atoms with van der Waals surface area (Å²) in [4.78, 5) is 26.2. The standard InChI is InChI=1S/C20H20BrNO4/c1-3-26-20(24)22(18-12-8-7-11-17(18)21)14-16(19(23)25-2)13-15-9-5-4-6-10-15/h4-13H,3,14H2,1-2H3/b16-13-. The molecular weight excluding hydrogens is 398 g/mol. The van der Waals surface area contributed by atoms with E-state index in [2.05, 4.69) is 15.9 Å². The van der Waals surface area contributed by atoms with Crippen LogP contribution >= 0.6 is 15.9 Å². The molecule has 0 saturated heterocycles. The third kappa shape index (κ3) is 5.20. The minimum Gasteiger partial charge on any atom is -0.466 e. The fourth-order valence-corrected chi connectivity index (χ4v) is 2.84. The number of anilines is 1. The van der Waals surface area contributed by atoms with Crippen molar-refractivity contribution in [3.05, 3.63) is 70.2 Å². The van der Waals surface area contributed by atoms with Crippen LogP contribution in [0.2, 0.25) is 0 Å². The Balaban J connectivity index is 2.42. The third-order valence-electron chi connectivity index (χ3n) is 3.55. The SMILES string of the molecule is CCOC(=O)N(C/C(=C/c1ccccc1)C(=O)OC)c1ccccc1Br. The van der Waals surface area contributed by atoms with Crippen LogP contribution in [0.4, 0.5) is 10.5 Å². The van der Waals surface area contributed by atoms with Crippen LogP contribution in [0.5, 0.6) is 0 Å². The van der Waals surface area contributed by atoms with Gasteiger partial charge in [0, 0.05) is 4.47 Å². The predicted octanol–water partition coefficient (Wildman–Crippen LogP) is 4.67. The van der Waals surface area contributed by atoms with Crippen LogP contribution in [0.1, 0.15) is 12.5 Å². The zero-order chi connectivity index (χ0) is 18.9. The zero-order valence-electron chi connectivity index (χ0n) is 14.6. The summed E-state index contributed by atoms with van der Waals surface area (Å²) in [6, 6.07) is 16.6. The molecule has 0 radical (unpaired) electrons. The van der Waals surface area contributed by atoms with Gasteiger partial charge in [-0.15, -0.1) is 0 Å². The van der Waals surface area contributed by atoms with E-state index in [0.717, 1.165) is 10.0 Å². The Morgan fingerprint density at radius 2 is 1.73 bits per heavy atom. The lowest BCUT2D eigenvalue weighted by Gasteiger charge is -2.23. The number of methoxy groups -OCH3 is 1. The number of benzene rings is 2. The fourth-order valence-electron chi connectivity index (χ4n) is 2.34. The van der Waals surface area contributed by atoms with Crippen molar-refractivity contribution in [1.29, 1.82) is 0 Å². The summed E-state index contributed by atoms with van der Waals surface area (Å²) in [6.07, 6.45) is 1.16. The normalized spacial score (nSPS) is 11.0. The van der Waals surface area contributed by atoms with Gasteiger partial charge in [0.05, 0.1) is 31.5 Å². The summed E-state index contributed by atoms with van der Waals surface area (Å²) in [5, 5.41) is 0. The van der Waals surface area contributed by atoms with Crippen molar-refractivity contribution in [2.75, 3.05) is 25.2 Å². The van der Waals surface area contributed by atoms with Gasteiger partial charge in [-0.2, -0.15) is 0 Å². The van der Waals surface area contributed by atoms with Crippen molar-refractivity contribution >= 4 is 39.8 Å². The third-order valence-corrected chi connectivity index (χ3v) is 4.22. The van der Waals surface area contributed by atoms with Gasteiger partial charge in [-0.1, -0.05) is 42.5 Å². The van der Waals surface area contributed by atoms with Crippen LogP contribution in [0.15, 0.2) is 64.6 Å². The minimum absolute atomic E-state index is 0.0169. The molecule has 0 aliphatic heterocycles. The number of para-hydroxylation sites is 1. The first-order valence-electron chi connectivity index (χ1n) is 8.09. The summed E-state index contributed by atoms with van der Waals surface area (Å²) in [6.45, 7) is 1.98. The molecule has 0 fully saturated rings. The van der Waals surface area contributed by atoms with E-state index in [4.69, 9.17) is 9.47 Å². The van der Waals surface area contributed by atoms with E-state index in [0.29, 0.717) is 11.3 Å². The number of esters is 1. The minimum atomic E-state index is -0.540. The maximum Gasteiger partial charge on any atom is 0.414 e. The summed E-state index contributed by atoms with van der Waals surface area (Å²) < 4.78 is 10.8. The van der Waals surface area contributed by atoms with E-state index in [1.807, 2.05) is 48.5 Å². The molecule has 5 nitrogen and oxygen atoms in total. The number of halogens is 1. The molecule has 0 heterocycles. The Labute approximate surface area is 161 Å². The van der Waals surface area contributed by atoms with Gasteiger partial charge in [-0.05, 0) is 46.6 Å². The second kappa shape index (κ2) is 9.77. The zero-order valence-corrected chi connectivity index (χ0v) is 16.2. The molecule has 0 aliphatic carbocycles. The van der Waals surface area contributed by atoms with Gasteiger partial charge in [0.15, 0.2) is 0 Å². The summed E-state index contributed by atoms with van der Waals surface area (Å²) >= 11 is 3.44. The molecule has 0 saturated carbocycles. The number of amides is 1. The largest absolute Gasteiger partial charge is 0.466 e. The molecule has 2 aromatic carbocycles. The van der Waals surface area contributed by atoms with Crippen molar-refractivity contribution in [2.45, 2.75) is 6.92 Å². The second-order valence-corrected chi connectivity index (χ2v) is 6.16. The van der Waals surface area contributed by atoms with Crippen LogP contribution in [-0.2, 0) is 14.3 Å². The molecule has 26 heavy (non-hydrogen) atoms. The monoisotopic (exact) mass is 417 g/mol. The number of hydrogen-bond donors (Lipinski definition) is 0. The lowest BCUT2D eigenvalue weighted by Crippen LogP contribution is -2.35. The van der Waals surface area contributed by atoms with E-state index in [1.165, 1.54) is 12.0 Å². The lowest BCUT2D eigenvalue weighted by molar-refractivity contribution is -0.136. The first kappa shape index (κ1) is 19.7. The molecule has 0 aromatic heterocycles. The van der Waals surface area contributed by atoms with E-state index >= 15 is 0 Å². The fraction of sp³-hybridized carbons (Fsp3) is 0.200. The topological polar surface area (TPSA) is 55.8 Å². The van der Waals surface area contributed by atoms with Gasteiger partial charge in [-0.3, -0.25) is 4.90 Å². The van der Waals surface area contributed by atoms with Gasteiger partial charge in [0.1, 0.15) is 0 Å². The van der Waals surface area contributed by atoms with Gasteiger partial charge in [0.25, 0.3) is 0 Å². The first-order chi connectivity index (χ1) is 12.6. The van der Waals surface area contributed by atoms with Gasteiger partial charge < -0.3 is 9.47 Å². The quantitative estimate of drug-likeness (QED) is 0.506. The number of carbonyl (C=O) groups excluding carboxylic acids is 2. The molecule has 0 unspecified atom stereocenters. The van der Waals surface area contributed by atoms with Crippen molar-refractivity contribution in [3.63, 3.8) is 0 Å². The highest BCUT2D eigenvalue weighted by molar-refractivity contribution is 9.10. The summed E-state index contributed by atoms with van der Waals surface area (Å²) in [7, 11) is 1.31. The highest BCUT2D eigenvalue weighted by Crippen LogP contribution is 2.27. The highest BCUT2D eigenvalue weighted by atomic mass is 79.9. The second-order valence-electron chi connectivity index (χ2n) is 5.31. The lowest BCUT2D eigenvalue weighted by atomic mass is 10.1. The first-order valence-corrected chi connectivity index (χ1v) is 8.88. The molecule has 2 aromatic rings. The van der Waals surface area contributed by atoms with Gasteiger partial charge >= 0.3 is 12.1 Å². The summed E-state index contributed by atoms with van der Waals surface area (Å²) in [5.74, 6) is -0.504. The van der Waals surface area contributed by atoms with Crippen molar-refractivity contribution in [1.82, 2.24) is 0 Å². The summed E-state index contributed by atoms with van der Waals surface area (Å²) in [5.41, 5.74) is 1.78. The molecule has 1 amide bonds. The van der Waals surface area contributed by atoms with Crippen molar-refractivity contribution < 1.29 is 19.1 Å². The molecule has 136 valence electrons. The Bertz CT molecular complexity index is 789. The number of rotatable bonds is 6. The Kier molecular flexibility index (Phi) is 7.41. The molecule has 0 aliphatic rings. The number of ether oxygens (including phenoxy) is 2. The van der Waals surface area contributed by atoms with Crippen molar-refractivity contribution in [2.24, 2.45) is 0 Å². The number of nitrogens with zero attached hydrogens (tertiary/aromatic N) is 1. The molecule has 0 spiro atoms. The molecule has 6 heteroatoms. The van der Waals surface area contributed by atoms with Crippen LogP contribution in [0.3, 0.4) is 0 Å². The van der Waals surface area contributed by atoms with Gasteiger partial charge in [-0.25, -0.2) is 9.59 Å². The Morgan fingerprint density at radius 3 is 2.35 bits per heavy atom. The molecule has 0 bridgehead atoms. The van der Waals surface area contributed by atoms with E-state index in [9.17, 15) is 9.59 Å². The van der Waals surface area contributed by atoms with E-state index < -0.39 is 12.1 Å². The number of hydrogen-bond acceptors (Lipinski definition) is 4.